The van der Waals surface area contributed by atoms with Gasteiger partial charge in [0.25, 0.3) is 10.0 Å². The number of hydrogen-bond acceptors (Lipinski definition) is 4. The number of carbonyl (C=O) groups is 1. The van der Waals surface area contributed by atoms with Crippen molar-refractivity contribution in [2.24, 2.45) is 0 Å². The minimum atomic E-state index is -4.02. The van der Waals surface area contributed by atoms with E-state index in [0.717, 1.165) is 9.87 Å². The lowest BCUT2D eigenvalue weighted by molar-refractivity contribution is -0.120. The van der Waals surface area contributed by atoms with E-state index in [4.69, 9.17) is 27.9 Å². The summed E-state index contributed by atoms with van der Waals surface area (Å²) in [6.45, 7) is 3.49. The molecule has 6 nitrogen and oxygen atoms in total. The zero-order valence-electron chi connectivity index (χ0n) is 15.8. The topological polar surface area (TPSA) is 75.7 Å². The van der Waals surface area contributed by atoms with E-state index in [1.54, 1.807) is 19.1 Å². The molecule has 152 valence electrons. The molecule has 0 fully saturated rings. The van der Waals surface area contributed by atoms with Crippen LogP contribution in [-0.2, 0) is 19.6 Å². The Kier molecular flexibility index (Phi) is 7.71. The van der Waals surface area contributed by atoms with Gasteiger partial charge in [0.15, 0.2) is 0 Å². The highest BCUT2D eigenvalue weighted by Gasteiger charge is 2.28. The quantitative estimate of drug-likeness (QED) is 0.673. The van der Waals surface area contributed by atoms with Gasteiger partial charge in [0, 0.05) is 23.2 Å². The molecule has 0 aromatic heterocycles. The van der Waals surface area contributed by atoms with Crippen LogP contribution in [0.25, 0.3) is 0 Å². The third kappa shape index (κ3) is 5.85. The molecule has 0 radical (unpaired) electrons. The highest BCUT2D eigenvalue weighted by molar-refractivity contribution is 7.92. The number of methoxy groups -OCH3 is 1. The average molecular weight is 445 g/mol. The minimum absolute atomic E-state index is 0.0620. The standard InChI is InChI=1S/C19H22Cl2N2O4S/c1-13-4-6-18(7-5-13)28(25,26)23(11-19(24)22-14(2)12-27-3)17-9-15(20)8-16(21)10-17/h4-10,14H,11-12H2,1-3H3,(H,22,24)/t14-/m1/s1. The van der Waals surface area contributed by atoms with Crippen LogP contribution in [0.1, 0.15) is 12.5 Å². The van der Waals surface area contributed by atoms with Gasteiger partial charge in [-0.1, -0.05) is 40.9 Å². The molecule has 0 bridgehead atoms. The van der Waals surface area contributed by atoms with Crippen molar-refractivity contribution in [3.63, 3.8) is 0 Å². The Bertz CT molecular complexity index is 913. The summed E-state index contributed by atoms with van der Waals surface area (Å²) in [5.74, 6) is -0.476. The number of halogens is 2. The van der Waals surface area contributed by atoms with Crippen molar-refractivity contribution in [2.75, 3.05) is 24.6 Å². The van der Waals surface area contributed by atoms with E-state index in [2.05, 4.69) is 5.32 Å². The lowest BCUT2D eigenvalue weighted by Gasteiger charge is -2.25. The van der Waals surface area contributed by atoms with Crippen LogP contribution < -0.4 is 9.62 Å². The van der Waals surface area contributed by atoms with Crippen molar-refractivity contribution in [2.45, 2.75) is 24.8 Å². The van der Waals surface area contributed by atoms with Crippen LogP contribution in [0.3, 0.4) is 0 Å². The van der Waals surface area contributed by atoms with Crippen molar-refractivity contribution in [1.82, 2.24) is 5.32 Å². The summed E-state index contributed by atoms with van der Waals surface area (Å²) in [7, 11) is -2.50. The highest BCUT2D eigenvalue weighted by Crippen LogP contribution is 2.29. The Hall–Kier alpha value is -1.80. The Balaban J connectivity index is 2.43. The Morgan fingerprint density at radius 2 is 1.71 bits per heavy atom. The molecule has 0 aliphatic heterocycles. The molecule has 0 spiro atoms. The first-order chi connectivity index (χ1) is 13.1. The predicted octanol–water partition coefficient (Wildman–Crippen LogP) is 3.65. The third-order valence-electron chi connectivity index (χ3n) is 3.86. The van der Waals surface area contributed by atoms with E-state index in [-0.39, 0.29) is 26.7 Å². The van der Waals surface area contributed by atoms with E-state index in [1.807, 2.05) is 6.92 Å². The molecule has 2 aromatic rings. The number of hydrogen-bond donors (Lipinski definition) is 1. The molecular formula is C19H22Cl2N2O4S. The number of rotatable bonds is 8. The fourth-order valence-corrected chi connectivity index (χ4v) is 4.50. The lowest BCUT2D eigenvalue weighted by Crippen LogP contribution is -2.44. The van der Waals surface area contributed by atoms with E-state index >= 15 is 0 Å². The Morgan fingerprint density at radius 3 is 2.25 bits per heavy atom. The number of aryl methyl sites for hydroxylation is 1. The smallest absolute Gasteiger partial charge is 0.264 e. The van der Waals surface area contributed by atoms with Crippen LogP contribution in [0.5, 0.6) is 0 Å². The second kappa shape index (κ2) is 9.60. The maximum Gasteiger partial charge on any atom is 0.264 e. The second-order valence-electron chi connectivity index (χ2n) is 6.38. The summed E-state index contributed by atoms with van der Waals surface area (Å²) < 4.78 is 32.5. The summed E-state index contributed by atoms with van der Waals surface area (Å²) in [6, 6.07) is 10.5. The normalized spacial score (nSPS) is 12.5. The van der Waals surface area contributed by atoms with Gasteiger partial charge in [-0.3, -0.25) is 9.10 Å². The van der Waals surface area contributed by atoms with Gasteiger partial charge in [0.1, 0.15) is 6.54 Å². The number of sulfonamides is 1. The zero-order valence-corrected chi connectivity index (χ0v) is 18.1. The Labute approximate surface area is 175 Å². The number of benzene rings is 2. The van der Waals surface area contributed by atoms with Gasteiger partial charge in [-0.25, -0.2) is 8.42 Å². The van der Waals surface area contributed by atoms with Crippen molar-refractivity contribution in [3.8, 4) is 0 Å². The van der Waals surface area contributed by atoms with Gasteiger partial charge in [-0.2, -0.15) is 0 Å². The van der Waals surface area contributed by atoms with Gasteiger partial charge < -0.3 is 10.1 Å². The first-order valence-corrected chi connectivity index (χ1v) is 10.7. The maximum atomic E-state index is 13.2. The summed E-state index contributed by atoms with van der Waals surface area (Å²) >= 11 is 12.1. The predicted molar refractivity (Wildman–Crippen MR) is 112 cm³/mol. The largest absolute Gasteiger partial charge is 0.383 e. The van der Waals surface area contributed by atoms with Crippen molar-refractivity contribution in [3.05, 3.63) is 58.1 Å². The SMILES string of the molecule is COC[C@@H](C)NC(=O)CN(c1cc(Cl)cc(Cl)c1)S(=O)(=O)c1ccc(C)cc1. The van der Waals surface area contributed by atoms with E-state index < -0.39 is 22.5 Å². The van der Waals surface area contributed by atoms with Crippen LogP contribution in [0, 0.1) is 6.92 Å². The molecule has 2 aromatic carbocycles. The minimum Gasteiger partial charge on any atom is -0.383 e. The maximum absolute atomic E-state index is 13.2. The highest BCUT2D eigenvalue weighted by atomic mass is 35.5. The average Bonchev–Trinajstić information content (AvgIpc) is 2.59. The summed E-state index contributed by atoms with van der Waals surface area (Å²) in [5, 5.41) is 3.23. The summed E-state index contributed by atoms with van der Waals surface area (Å²) in [6.07, 6.45) is 0. The molecule has 2 rings (SSSR count). The molecule has 0 heterocycles. The van der Waals surface area contributed by atoms with Crippen LogP contribution in [-0.4, -0.2) is 40.6 Å². The molecular weight excluding hydrogens is 423 g/mol. The molecule has 0 unspecified atom stereocenters. The molecule has 1 amide bonds. The van der Waals surface area contributed by atoms with Crippen molar-refractivity contribution in [1.29, 1.82) is 0 Å². The van der Waals surface area contributed by atoms with Gasteiger partial charge in [-0.15, -0.1) is 0 Å². The first-order valence-electron chi connectivity index (χ1n) is 8.47. The number of carbonyl (C=O) groups excluding carboxylic acids is 1. The molecule has 28 heavy (non-hydrogen) atoms. The fraction of sp³-hybridized carbons (Fsp3) is 0.316. The number of anilines is 1. The molecule has 0 saturated heterocycles. The molecule has 1 atom stereocenters. The summed E-state index contributed by atoms with van der Waals surface area (Å²) in [4.78, 5) is 12.5. The van der Waals surface area contributed by atoms with E-state index in [0.29, 0.717) is 6.61 Å². The molecule has 1 N–H and O–H groups in total. The van der Waals surface area contributed by atoms with E-state index in [1.165, 1.54) is 37.4 Å². The molecule has 0 saturated carbocycles. The summed E-state index contributed by atoms with van der Waals surface area (Å²) in [5.41, 5.74) is 1.12. The van der Waals surface area contributed by atoms with Crippen LogP contribution in [0.4, 0.5) is 5.69 Å². The monoisotopic (exact) mass is 444 g/mol. The lowest BCUT2D eigenvalue weighted by atomic mass is 10.2. The molecule has 9 heteroatoms. The van der Waals surface area contributed by atoms with Crippen LogP contribution >= 0.6 is 23.2 Å². The number of ether oxygens (including phenoxy) is 1. The van der Waals surface area contributed by atoms with E-state index in [9.17, 15) is 13.2 Å². The molecule has 0 aliphatic rings. The van der Waals surface area contributed by atoms with Crippen molar-refractivity contribution < 1.29 is 17.9 Å². The molecule has 0 aliphatic carbocycles. The number of nitrogens with zero attached hydrogens (tertiary/aromatic N) is 1. The van der Waals surface area contributed by atoms with Gasteiger partial charge >= 0.3 is 0 Å². The fourth-order valence-electron chi connectivity index (χ4n) is 2.58. The number of amides is 1. The van der Waals surface area contributed by atoms with Crippen LogP contribution in [0.15, 0.2) is 47.4 Å². The number of nitrogens with one attached hydrogen (secondary N) is 1. The van der Waals surface area contributed by atoms with Gasteiger partial charge in [0.2, 0.25) is 5.91 Å². The van der Waals surface area contributed by atoms with Crippen molar-refractivity contribution >= 4 is 44.8 Å². The van der Waals surface area contributed by atoms with Gasteiger partial charge in [0.05, 0.1) is 17.2 Å². The van der Waals surface area contributed by atoms with Crippen LogP contribution in [0.2, 0.25) is 10.0 Å². The zero-order chi connectivity index (χ0) is 20.9. The first kappa shape index (κ1) is 22.5. The van der Waals surface area contributed by atoms with Gasteiger partial charge in [-0.05, 0) is 44.2 Å². The Morgan fingerprint density at radius 1 is 1.14 bits per heavy atom. The third-order valence-corrected chi connectivity index (χ3v) is 6.08. The second-order valence-corrected chi connectivity index (χ2v) is 9.11.